The molecule has 0 N–H and O–H groups in total. The van der Waals surface area contributed by atoms with Crippen molar-refractivity contribution in [3.05, 3.63) is 0 Å². The number of hydrogen-bond donors (Lipinski definition) is 0. The fourth-order valence-electron chi connectivity index (χ4n) is 1.61. The molecule has 0 bridgehead atoms. The van der Waals surface area contributed by atoms with E-state index in [-0.39, 0.29) is 28.1 Å². The lowest BCUT2D eigenvalue weighted by Crippen LogP contribution is -2.47. The van der Waals surface area contributed by atoms with E-state index >= 15 is 0 Å². The van der Waals surface area contributed by atoms with E-state index in [4.69, 9.17) is 14.2 Å². The molecule has 0 aromatic rings. The fraction of sp³-hybridized carbons (Fsp3) is 0.800. The number of halogens is 1. The van der Waals surface area contributed by atoms with Crippen molar-refractivity contribution in [2.45, 2.75) is 49.6 Å². The monoisotopic (exact) mass is 342 g/mol. The Labute approximate surface area is 108 Å². The number of hydrogen-bond acceptors (Lipinski definition) is 5. The van der Waals surface area contributed by atoms with Crippen LogP contribution in [0.15, 0.2) is 0 Å². The third kappa shape index (κ3) is 3.89. The Balaban J connectivity index is 2.56. The summed E-state index contributed by atoms with van der Waals surface area (Å²) in [5.41, 5.74) is 0. The van der Waals surface area contributed by atoms with Crippen molar-refractivity contribution < 1.29 is 23.8 Å². The highest BCUT2D eigenvalue weighted by atomic mass is 127. The Morgan fingerprint density at radius 3 is 2.25 bits per heavy atom. The van der Waals surface area contributed by atoms with E-state index in [2.05, 4.69) is 22.6 Å². The first-order valence-electron chi connectivity index (χ1n) is 5.04. The molecule has 1 heterocycles. The van der Waals surface area contributed by atoms with Gasteiger partial charge in [-0.1, -0.05) is 22.6 Å². The normalized spacial score (nSPS) is 34.2. The van der Waals surface area contributed by atoms with Crippen LogP contribution >= 0.6 is 22.6 Å². The molecule has 6 heteroatoms. The molecule has 1 aliphatic heterocycles. The highest BCUT2D eigenvalue weighted by molar-refractivity contribution is 14.1. The molecule has 16 heavy (non-hydrogen) atoms. The van der Waals surface area contributed by atoms with Crippen molar-refractivity contribution in [3.63, 3.8) is 0 Å². The molecule has 92 valence electrons. The third-order valence-corrected chi connectivity index (χ3v) is 3.42. The molecule has 0 saturated carbocycles. The number of ether oxygens (including phenoxy) is 3. The molecule has 1 rings (SSSR count). The highest BCUT2D eigenvalue weighted by Crippen LogP contribution is 2.29. The molecule has 0 aliphatic carbocycles. The topological polar surface area (TPSA) is 61.8 Å². The van der Waals surface area contributed by atoms with Gasteiger partial charge in [0, 0.05) is 20.3 Å². The summed E-state index contributed by atoms with van der Waals surface area (Å²) in [5.74, 6) is -0.695. The Hall–Kier alpha value is -0.370. The summed E-state index contributed by atoms with van der Waals surface area (Å²) in [6.07, 6.45) is -0.572. The molecule has 1 saturated heterocycles. The second kappa shape index (κ2) is 5.81. The first-order valence-corrected chi connectivity index (χ1v) is 6.28. The first kappa shape index (κ1) is 13.7. The van der Waals surface area contributed by atoms with Gasteiger partial charge in [0.25, 0.3) is 0 Å². The molecule has 4 atom stereocenters. The van der Waals surface area contributed by atoms with E-state index in [1.165, 1.54) is 13.8 Å². The van der Waals surface area contributed by atoms with Crippen LogP contribution in [0.2, 0.25) is 0 Å². The summed E-state index contributed by atoms with van der Waals surface area (Å²) in [6.45, 7) is 4.51. The van der Waals surface area contributed by atoms with E-state index in [0.717, 1.165) is 0 Å². The van der Waals surface area contributed by atoms with Gasteiger partial charge in [-0.05, 0) is 6.92 Å². The van der Waals surface area contributed by atoms with Gasteiger partial charge in [0.15, 0.2) is 0 Å². The molecule has 0 aromatic heterocycles. The summed E-state index contributed by atoms with van der Waals surface area (Å²) in [7, 11) is 0. The van der Waals surface area contributed by atoms with Gasteiger partial charge in [0.1, 0.15) is 6.10 Å². The van der Waals surface area contributed by atoms with Crippen molar-refractivity contribution in [1.29, 1.82) is 0 Å². The van der Waals surface area contributed by atoms with Crippen LogP contribution in [-0.4, -0.2) is 34.4 Å². The van der Waals surface area contributed by atoms with Gasteiger partial charge < -0.3 is 14.2 Å². The van der Waals surface area contributed by atoms with Crippen LogP contribution in [0.5, 0.6) is 0 Å². The summed E-state index contributed by atoms with van der Waals surface area (Å²) < 4.78 is 15.7. The van der Waals surface area contributed by atoms with Gasteiger partial charge in [-0.2, -0.15) is 0 Å². The lowest BCUT2D eigenvalue weighted by atomic mass is 10.1. The third-order valence-electron chi connectivity index (χ3n) is 2.20. The molecule has 1 aliphatic rings. The van der Waals surface area contributed by atoms with Crippen molar-refractivity contribution in [2.24, 2.45) is 0 Å². The molecule has 0 spiro atoms. The van der Waals surface area contributed by atoms with Crippen LogP contribution in [0, 0.1) is 0 Å². The maximum Gasteiger partial charge on any atom is 0.304 e. The second-order valence-electron chi connectivity index (χ2n) is 3.71. The SMILES string of the molecule is CC(=O)O[C@H]1C[C@H](I)[C@@H](OC(C)=O)[C@H](C)O1. The quantitative estimate of drug-likeness (QED) is 0.432. The maximum atomic E-state index is 10.9. The van der Waals surface area contributed by atoms with E-state index in [1.807, 2.05) is 0 Å². The Morgan fingerprint density at radius 2 is 1.81 bits per heavy atom. The minimum Gasteiger partial charge on any atom is -0.459 e. The highest BCUT2D eigenvalue weighted by Gasteiger charge is 2.38. The standard InChI is InChI=1S/C10H15IO5/c1-5-10(16-7(3)13)8(11)4-9(14-5)15-6(2)12/h5,8-10H,4H2,1-3H3/t5-,8-,9-,10-/m0/s1. The van der Waals surface area contributed by atoms with Crippen LogP contribution in [0.25, 0.3) is 0 Å². The van der Waals surface area contributed by atoms with Crippen molar-refractivity contribution >= 4 is 34.5 Å². The minimum absolute atomic E-state index is 0.0783. The zero-order valence-corrected chi connectivity index (χ0v) is 11.6. The smallest absolute Gasteiger partial charge is 0.304 e. The minimum atomic E-state index is -0.541. The van der Waals surface area contributed by atoms with Crippen molar-refractivity contribution in [1.82, 2.24) is 0 Å². The van der Waals surface area contributed by atoms with Gasteiger partial charge in [0.2, 0.25) is 6.29 Å². The largest absolute Gasteiger partial charge is 0.459 e. The van der Waals surface area contributed by atoms with E-state index < -0.39 is 6.29 Å². The molecule has 0 aromatic carbocycles. The molecular formula is C10H15IO5. The van der Waals surface area contributed by atoms with Crippen LogP contribution in [0.4, 0.5) is 0 Å². The number of alkyl halides is 1. The number of rotatable bonds is 2. The average Bonchev–Trinajstić information content (AvgIpc) is 2.10. The molecule has 5 nitrogen and oxygen atoms in total. The van der Waals surface area contributed by atoms with Crippen LogP contribution < -0.4 is 0 Å². The number of carbonyl (C=O) groups is 2. The summed E-state index contributed by atoms with van der Waals surface area (Å²) in [6, 6.07) is 0. The predicted molar refractivity (Wildman–Crippen MR) is 64.1 cm³/mol. The Morgan fingerprint density at radius 1 is 1.25 bits per heavy atom. The molecule has 0 amide bonds. The number of esters is 2. The van der Waals surface area contributed by atoms with Gasteiger partial charge in [0.05, 0.1) is 10.0 Å². The maximum absolute atomic E-state index is 10.9. The molecule has 0 unspecified atom stereocenters. The van der Waals surface area contributed by atoms with E-state index in [1.54, 1.807) is 6.92 Å². The van der Waals surface area contributed by atoms with Gasteiger partial charge in [-0.15, -0.1) is 0 Å². The molecule has 0 radical (unpaired) electrons. The summed E-state index contributed by atoms with van der Waals surface area (Å²) in [5, 5.41) is 0. The van der Waals surface area contributed by atoms with Gasteiger partial charge in [-0.3, -0.25) is 9.59 Å². The lowest BCUT2D eigenvalue weighted by Gasteiger charge is -2.36. The molecule has 1 fully saturated rings. The Kier molecular flexibility index (Phi) is 4.97. The van der Waals surface area contributed by atoms with Crippen LogP contribution in [-0.2, 0) is 23.8 Å². The lowest BCUT2D eigenvalue weighted by molar-refractivity contribution is -0.219. The molecular weight excluding hydrogens is 327 g/mol. The van der Waals surface area contributed by atoms with E-state index in [9.17, 15) is 9.59 Å². The van der Waals surface area contributed by atoms with Crippen molar-refractivity contribution in [3.8, 4) is 0 Å². The van der Waals surface area contributed by atoms with Crippen LogP contribution in [0.3, 0.4) is 0 Å². The van der Waals surface area contributed by atoms with Crippen molar-refractivity contribution in [2.75, 3.05) is 0 Å². The van der Waals surface area contributed by atoms with E-state index in [0.29, 0.717) is 6.42 Å². The Bertz CT molecular complexity index is 268. The van der Waals surface area contributed by atoms with Gasteiger partial charge in [-0.25, -0.2) is 0 Å². The van der Waals surface area contributed by atoms with Crippen LogP contribution in [0.1, 0.15) is 27.2 Å². The predicted octanol–water partition coefficient (Wildman–Crippen LogP) is 1.42. The number of carbonyl (C=O) groups excluding carboxylic acids is 2. The van der Waals surface area contributed by atoms with Gasteiger partial charge >= 0.3 is 11.9 Å². The average molecular weight is 342 g/mol. The zero-order valence-electron chi connectivity index (χ0n) is 9.44. The zero-order chi connectivity index (χ0) is 12.3. The summed E-state index contributed by atoms with van der Waals surface area (Å²) >= 11 is 2.18. The fourth-order valence-corrected chi connectivity index (χ4v) is 2.75. The summed E-state index contributed by atoms with van der Waals surface area (Å²) in [4.78, 5) is 21.7. The second-order valence-corrected chi connectivity index (χ2v) is 5.31. The first-order chi connectivity index (χ1) is 7.40.